The molecule has 3 aromatic carbocycles. The van der Waals surface area contributed by atoms with Gasteiger partial charge < -0.3 is 19.7 Å². The number of hydrogen-bond acceptors (Lipinski definition) is 6. The Labute approximate surface area is 253 Å². The highest BCUT2D eigenvalue weighted by molar-refractivity contribution is 7.92. The van der Waals surface area contributed by atoms with Crippen LogP contribution in [0.15, 0.2) is 71.6 Å². The number of rotatable bonds is 13. The first-order valence-corrected chi connectivity index (χ1v) is 15.4. The fraction of sp³-hybridized carbons (Fsp3) is 0.355. The van der Waals surface area contributed by atoms with E-state index in [-0.39, 0.29) is 29.1 Å². The van der Waals surface area contributed by atoms with Crippen molar-refractivity contribution >= 4 is 39.1 Å². The predicted molar refractivity (Wildman–Crippen MR) is 165 cm³/mol. The number of hydrogen-bond donors (Lipinski definition) is 1. The van der Waals surface area contributed by atoms with E-state index >= 15 is 0 Å². The molecule has 1 atom stereocenters. The Morgan fingerprint density at radius 2 is 1.60 bits per heavy atom. The number of aryl methyl sites for hydroxylation is 1. The van der Waals surface area contributed by atoms with Gasteiger partial charge in [0.2, 0.25) is 11.8 Å². The van der Waals surface area contributed by atoms with Crippen LogP contribution in [0.2, 0.25) is 5.02 Å². The molecule has 3 rings (SSSR count). The van der Waals surface area contributed by atoms with Crippen molar-refractivity contribution in [1.82, 2.24) is 10.2 Å². The number of nitrogens with zero attached hydrogens (tertiary/aromatic N) is 2. The molecule has 9 nitrogen and oxygen atoms in total. The van der Waals surface area contributed by atoms with Crippen LogP contribution in [0.4, 0.5) is 5.69 Å². The molecular weight excluding hydrogens is 578 g/mol. The Morgan fingerprint density at radius 3 is 2.17 bits per heavy atom. The molecular formula is C31H38ClN3O6S. The summed E-state index contributed by atoms with van der Waals surface area (Å²) in [5.74, 6) is -0.310. The standard InChI is InChI=1S/C31H38ClN3O6S/c1-7-27(31(37)33-21(2)3)34(19-23-10-8-9-11-26(23)32)30(36)20-35(24-14-12-22(4)13-15-24)42(38,39)25-16-17-28(40-5)29(18-25)41-6/h8-18,21,27H,7,19-20H2,1-6H3,(H,33,37)/t27-/m1/s1. The zero-order valence-corrected chi connectivity index (χ0v) is 26.3. The Morgan fingerprint density at radius 1 is 0.952 bits per heavy atom. The summed E-state index contributed by atoms with van der Waals surface area (Å²) in [4.78, 5) is 28.7. The zero-order valence-electron chi connectivity index (χ0n) is 24.8. The molecule has 226 valence electrons. The molecule has 3 aromatic rings. The second-order valence-corrected chi connectivity index (χ2v) is 12.3. The Balaban J connectivity index is 2.11. The van der Waals surface area contributed by atoms with Gasteiger partial charge in [-0.05, 0) is 63.1 Å². The third kappa shape index (κ3) is 7.74. The van der Waals surface area contributed by atoms with Gasteiger partial charge in [-0.15, -0.1) is 0 Å². The number of sulfonamides is 1. The van der Waals surface area contributed by atoms with E-state index in [1.54, 1.807) is 55.5 Å². The van der Waals surface area contributed by atoms with Gasteiger partial charge in [-0.2, -0.15) is 0 Å². The van der Waals surface area contributed by atoms with Gasteiger partial charge in [-0.3, -0.25) is 13.9 Å². The van der Waals surface area contributed by atoms with Gasteiger partial charge >= 0.3 is 0 Å². The highest BCUT2D eigenvalue weighted by atomic mass is 35.5. The number of benzene rings is 3. The van der Waals surface area contributed by atoms with Crippen molar-refractivity contribution in [3.8, 4) is 11.5 Å². The number of nitrogens with one attached hydrogen (secondary N) is 1. The average molecular weight is 616 g/mol. The summed E-state index contributed by atoms with van der Waals surface area (Å²) in [5.41, 5.74) is 1.85. The largest absolute Gasteiger partial charge is 0.493 e. The summed E-state index contributed by atoms with van der Waals surface area (Å²) in [7, 11) is -1.42. The van der Waals surface area contributed by atoms with Gasteiger partial charge in [0.15, 0.2) is 11.5 Å². The Hall–Kier alpha value is -3.76. The van der Waals surface area contributed by atoms with Crippen molar-refractivity contribution in [2.75, 3.05) is 25.1 Å². The Kier molecular flexibility index (Phi) is 11.2. The van der Waals surface area contributed by atoms with Crippen LogP contribution in [0.3, 0.4) is 0 Å². The molecule has 2 amide bonds. The van der Waals surface area contributed by atoms with Crippen LogP contribution in [0.25, 0.3) is 0 Å². The normalized spacial score (nSPS) is 12.0. The monoisotopic (exact) mass is 615 g/mol. The fourth-order valence-electron chi connectivity index (χ4n) is 4.45. The molecule has 0 fully saturated rings. The number of anilines is 1. The molecule has 11 heteroatoms. The van der Waals surface area contributed by atoms with E-state index in [9.17, 15) is 18.0 Å². The first-order valence-electron chi connectivity index (χ1n) is 13.6. The molecule has 0 aromatic heterocycles. The van der Waals surface area contributed by atoms with E-state index in [2.05, 4.69) is 5.32 Å². The summed E-state index contributed by atoms with van der Waals surface area (Å²) >= 11 is 6.44. The maximum atomic E-state index is 14.2. The second kappa shape index (κ2) is 14.4. The Bertz CT molecular complexity index is 1490. The number of methoxy groups -OCH3 is 2. The van der Waals surface area contributed by atoms with Crippen molar-refractivity contribution in [1.29, 1.82) is 0 Å². The van der Waals surface area contributed by atoms with E-state index in [0.29, 0.717) is 28.4 Å². The van der Waals surface area contributed by atoms with Crippen LogP contribution in [0.5, 0.6) is 11.5 Å². The van der Waals surface area contributed by atoms with Gasteiger partial charge in [0.25, 0.3) is 10.0 Å². The van der Waals surface area contributed by atoms with Gasteiger partial charge in [0, 0.05) is 23.7 Å². The van der Waals surface area contributed by atoms with Gasteiger partial charge in [0.1, 0.15) is 12.6 Å². The van der Waals surface area contributed by atoms with Crippen LogP contribution in [0, 0.1) is 6.92 Å². The molecule has 0 aliphatic carbocycles. The number of ether oxygens (including phenoxy) is 2. The molecule has 0 bridgehead atoms. The number of carbonyl (C=O) groups is 2. The maximum Gasteiger partial charge on any atom is 0.264 e. The van der Waals surface area contributed by atoms with Crippen molar-refractivity contribution in [3.05, 3.63) is 82.9 Å². The lowest BCUT2D eigenvalue weighted by Crippen LogP contribution is -2.53. The molecule has 0 radical (unpaired) electrons. The lowest BCUT2D eigenvalue weighted by Gasteiger charge is -2.33. The van der Waals surface area contributed by atoms with Crippen LogP contribution in [-0.2, 0) is 26.2 Å². The first-order chi connectivity index (χ1) is 19.9. The summed E-state index contributed by atoms with van der Waals surface area (Å²) in [6.45, 7) is 6.80. The molecule has 0 heterocycles. The fourth-order valence-corrected chi connectivity index (χ4v) is 6.08. The lowest BCUT2D eigenvalue weighted by atomic mass is 10.1. The van der Waals surface area contributed by atoms with Crippen LogP contribution in [0.1, 0.15) is 38.3 Å². The molecule has 0 saturated carbocycles. The highest BCUT2D eigenvalue weighted by Crippen LogP contribution is 2.32. The van der Waals surface area contributed by atoms with E-state index in [1.807, 2.05) is 20.8 Å². The van der Waals surface area contributed by atoms with Crippen molar-refractivity contribution in [2.45, 2.75) is 57.6 Å². The predicted octanol–water partition coefficient (Wildman–Crippen LogP) is 5.19. The van der Waals surface area contributed by atoms with Crippen molar-refractivity contribution < 1.29 is 27.5 Å². The lowest BCUT2D eigenvalue weighted by molar-refractivity contribution is -0.140. The summed E-state index contributed by atoms with van der Waals surface area (Å²) < 4.78 is 39.9. The summed E-state index contributed by atoms with van der Waals surface area (Å²) in [6.07, 6.45) is 0.307. The van der Waals surface area contributed by atoms with Crippen molar-refractivity contribution in [2.24, 2.45) is 0 Å². The topological polar surface area (TPSA) is 105 Å². The van der Waals surface area contributed by atoms with Crippen molar-refractivity contribution in [3.63, 3.8) is 0 Å². The first kappa shape index (κ1) is 32.8. The molecule has 0 aliphatic heterocycles. The highest BCUT2D eigenvalue weighted by Gasteiger charge is 2.34. The molecule has 0 saturated heterocycles. The SMILES string of the molecule is CC[C@H](C(=O)NC(C)C)N(Cc1ccccc1Cl)C(=O)CN(c1ccc(C)cc1)S(=O)(=O)c1ccc(OC)c(OC)c1. The summed E-state index contributed by atoms with van der Waals surface area (Å²) in [5, 5.41) is 3.31. The summed E-state index contributed by atoms with van der Waals surface area (Å²) in [6, 6.07) is 17.1. The van der Waals surface area contributed by atoms with E-state index < -0.39 is 28.5 Å². The number of halogens is 1. The van der Waals surface area contributed by atoms with E-state index in [1.165, 1.54) is 37.3 Å². The van der Waals surface area contributed by atoms with Gasteiger partial charge in [-0.1, -0.05) is 54.4 Å². The zero-order chi connectivity index (χ0) is 31.0. The van der Waals surface area contributed by atoms with E-state index in [4.69, 9.17) is 21.1 Å². The maximum absolute atomic E-state index is 14.2. The third-order valence-electron chi connectivity index (χ3n) is 6.66. The average Bonchev–Trinajstić information content (AvgIpc) is 2.96. The minimum Gasteiger partial charge on any atom is -0.493 e. The van der Waals surface area contributed by atoms with Gasteiger partial charge in [-0.25, -0.2) is 8.42 Å². The smallest absolute Gasteiger partial charge is 0.264 e. The van der Waals surface area contributed by atoms with Gasteiger partial charge in [0.05, 0.1) is 24.8 Å². The molecule has 0 unspecified atom stereocenters. The molecule has 42 heavy (non-hydrogen) atoms. The molecule has 0 aliphatic rings. The minimum absolute atomic E-state index is 0.0146. The number of amides is 2. The minimum atomic E-state index is -4.28. The third-order valence-corrected chi connectivity index (χ3v) is 8.80. The quantitative estimate of drug-likeness (QED) is 0.284. The van der Waals surface area contributed by atoms with E-state index in [0.717, 1.165) is 9.87 Å². The van der Waals surface area contributed by atoms with Crippen LogP contribution < -0.4 is 19.1 Å². The molecule has 0 spiro atoms. The molecule has 1 N–H and O–H groups in total. The van der Waals surface area contributed by atoms with Crippen LogP contribution in [-0.4, -0.2) is 58.0 Å². The second-order valence-electron chi connectivity index (χ2n) is 10.1. The van der Waals surface area contributed by atoms with Crippen LogP contribution >= 0.6 is 11.6 Å². The number of carbonyl (C=O) groups excluding carboxylic acids is 2.